The van der Waals surface area contributed by atoms with E-state index in [2.05, 4.69) is 0 Å². The first-order valence-electron chi connectivity index (χ1n) is 7.28. The number of hydrogen-bond donors (Lipinski definition) is 0. The van der Waals surface area contributed by atoms with Crippen LogP contribution in [0, 0.1) is 5.92 Å². The van der Waals surface area contributed by atoms with Crippen LogP contribution in [0.25, 0.3) is 0 Å². The van der Waals surface area contributed by atoms with Crippen LogP contribution in [-0.4, -0.2) is 67.7 Å². The van der Waals surface area contributed by atoms with Crippen molar-refractivity contribution in [2.75, 3.05) is 37.7 Å². The fraction of sp³-hybridized carbons (Fsp3) is 0.571. The summed E-state index contributed by atoms with van der Waals surface area (Å²) < 4.78 is 28.0. The van der Waals surface area contributed by atoms with Crippen molar-refractivity contribution in [1.29, 1.82) is 0 Å². The maximum atomic E-state index is 12.3. The van der Waals surface area contributed by atoms with E-state index in [4.69, 9.17) is 4.42 Å². The van der Waals surface area contributed by atoms with Gasteiger partial charge in [-0.1, -0.05) is 0 Å². The monoisotopic (exact) mass is 326 g/mol. The second-order valence-corrected chi connectivity index (χ2v) is 7.92. The van der Waals surface area contributed by atoms with Crippen molar-refractivity contribution in [2.45, 2.75) is 6.42 Å². The van der Waals surface area contributed by atoms with E-state index < -0.39 is 15.8 Å². The summed E-state index contributed by atoms with van der Waals surface area (Å²) >= 11 is 0. The van der Waals surface area contributed by atoms with Crippen LogP contribution < -0.4 is 0 Å². The van der Waals surface area contributed by atoms with E-state index in [1.54, 1.807) is 21.9 Å². The second-order valence-electron chi connectivity index (χ2n) is 5.69. The van der Waals surface area contributed by atoms with Crippen LogP contribution >= 0.6 is 0 Å². The topological polar surface area (TPSA) is 87.9 Å². The number of carbonyl (C=O) groups is 2. The summed E-state index contributed by atoms with van der Waals surface area (Å²) in [7, 11) is -3.06. The smallest absolute Gasteiger partial charge is 0.289 e. The first-order chi connectivity index (χ1) is 10.5. The number of rotatable bonds is 2. The van der Waals surface area contributed by atoms with Crippen molar-refractivity contribution in [3.63, 3.8) is 0 Å². The maximum Gasteiger partial charge on any atom is 0.289 e. The molecular formula is C14H18N2O5S. The molecule has 22 heavy (non-hydrogen) atoms. The standard InChI is InChI=1S/C14H18N2O5S/c17-13(11-3-9-22(19,20)10-11)15-4-6-16(7-5-15)14(18)12-2-1-8-21-12/h1-2,8,11H,3-7,9-10H2. The Labute approximate surface area is 128 Å². The molecule has 1 aromatic heterocycles. The zero-order valence-electron chi connectivity index (χ0n) is 12.1. The zero-order valence-corrected chi connectivity index (χ0v) is 12.9. The lowest BCUT2D eigenvalue weighted by atomic mass is 10.1. The van der Waals surface area contributed by atoms with Gasteiger partial charge in [0.1, 0.15) is 0 Å². The van der Waals surface area contributed by atoms with Gasteiger partial charge in [-0.2, -0.15) is 0 Å². The van der Waals surface area contributed by atoms with E-state index in [0.717, 1.165) is 0 Å². The number of carbonyl (C=O) groups excluding carboxylic acids is 2. The van der Waals surface area contributed by atoms with E-state index in [1.165, 1.54) is 6.26 Å². The van der Waals surface area contributed by atoms with Crippen molar-refractivity contribution < 1.29 is 22.4 Å². The highest BCUT2D eigenvalue weighted by Crippen LogP contribution is 2.21. The van der Waals surface area contributed by atoms with Gasteiger partial charge < -0.3 is 14.2 Å². The van der Waals surface area contributed by atoms with E-state index in [9.17, 15) is 18.0 Å². The average Bonchev–Trinajstić information content (AvgIpc) is 3.15. The highest BCUT2D eigenvalue weighted by molar-refractivity contribution is 7.91. The normalized spacial score (nSPS) is 24.5. The first-order valence-corrected chi connectivity index (χ1v) is 9.10. The van der Waals surface area contributed by atoms with E-state index in [0.29, 0.717) is 38.4 Å². The minimum absolute atomic E-state index is 0.0443. The molecule has 2 aliphatic rings. The summed E-state index contributed by atoms with van der Waals surface area (Å²) in [5, 5.41) is 0. The lowest BCUT2D eigenvalue weighted by Crippen LogP contribution is -2.52. The van der Waals surface area contributed by atoms with Crippen molar-refractivity contribution >= 4 is 21.7 Å². The highest BCUT2D eigenvalue weighted by Gasteiger charge is 2.36. The third-order valence-electron chi connectivity index (χ3n) is 4.19. The van der Waals surface area contributed by atoms with Crippen molar-refractivity contribution in [1.82, 2.24) is 9.80 Å². The van der Waals surface area contributed by atoms with Crippen LogP contribution in [0.5, 0.6) is 0 Å². The quantitative estimate of drug-likeness (QED) is 0.763. The molecule has 120 valence electrons. The molecule has 0 N–H and O–H groups in total. The Bertz CT molecular complexity index is 659. The van der Waals surface area contributed by atoms with Crippen LogP contribution in [0.1, 0.15) is 17.0 Å². The SMILES string of the molecule is O=C(c1ccco1)N1CCN(C(=O)C2CCS(=O)(=O)C2)CC1. The van der Waals surface area contributed by atoms with Crippen LogP contribution in [0.4, 0.5) is 0 Å². The first kappa shape index (κ1) is 15.1. The molecule has 2 aliphatic heterocycles. The van der Waals surface area contributed by atoms with Gasteiger partial charge in [0, 0.05) is 26.2 Å². The van der Waals surface area contributed by atoms with Gasteiger partial charge >= 0.3 is 0 Å². The van der Waals surface area contributed by atoms with Gasteiger partial charge in [0.05, 0.1) is 23.7 Å². The molecule has 2 amide bonds. The molecule has 0 saturated carbocycles. The van der Waals surface area contributed by atoms with Crippen molar-refractivity contribution in [2.24, 2.45) is 5.92 Å². The second kappa shape index (κ2) is 5.75. The minimum Gasteiger partial charge on any atom is -0.459 e. The number of hydrogen-bond acceptors (Lipinski definition) is 5. The fourth-order valence-corrected chi connectivity index (χ4v) is 4.67. The molecule has 0 bridgehead atoms. The van der Waals surface area contributed by atoms with Gasteiger partial charge in [-0.25, -0.2) is 8.42 Å². The Kier molecular flexibility index (Phi) is 3.94. The predicted octanol–water partition coefficient (Wildman–Crippen LogP) is -0.00130. The third-order valence-corrected chi connectivity index (χ3v) is 5.96. The molecule has 0 radical (unpaired) electrons. The highest BCUT2D eigenvalue weighted by atomic mass is 32.2. The molecule has 1 aromatic rings. The van der Waals surface area contributed by atoms with Gasteiger partial charge in [0.15, 0.2) is 15.6 Å². The number of furan rings is 1. The zero-order chi connectivity index (χ0) is 15.7. The lowest BCUT2D eigenvalue weighted by molar-refractivity contribution is -0.136. The summed E-state index contributed by atoms with van der Waals surface area (Å²) in [5.74, 6) is -0.358. The van der Waals surface area contributed by atoms with Crippen molar-refractivity contribution in [3.8, 4) is 0 Å². The largest absolute Gasteiger partial charge is 0.459 e. The fourth-order valence-electron chi connectivity index (χ4n) is 2.93. The Hall–Kier alpha value is -1.83. The Morgan fingerprint density at radius 2 is 1.82 bits per heavy atom. The van der Waals surface area contributed by atoms with Gasteiger partial charge in [0.2, 0.25) is 5.91 Å². The summed E-state index contributed by atoms with van der Waals surface area (Å²) in [6, 6.07) is 3.27. The molecule has 0 aromatic carbocycles. The molecule has 8 heteroatoms. The van der Waals surface area contributed by atoms with Crippen molar-refractivity contribution in [3.05, 3.63) is 24.2 Å². The van der Waals surface area contributed by atoms with Crippen LogP contribution in [0.2, 0.25) is 0 Å². The minimum atomic E-state index is -3.06. The number of nitrogens with zero attached hydrogens (tertiary/aromatic N) is 2. The van der Waals surface area contributed by atoms with E-state index in [-0.39, 0.29) is 23.3 Å². The molecule has 2 saturated heterocycles. The molecule has 0 aliphatic carbocycles. The van der Waals surface area contributed by atoms with E-state index in [1.807, 2.05) is 0 Å². The van der Waals surface area contributed by atoms with Gasteiger partial charge in [-0.15, -0.1) is 0 Å². The molecule has 2 fully saturated rings. The van der Waals surface area contributed by atoms with Gasteiger partial charge in [-0.3, -0.25) is 9.59 Å². The number of sulfone groups is 1. The molecule has 3 rings (SSSR count). The summed E-state index contributed by atoms with van der Waals surface area (Å²) in [6.45, 7) is 1.74. The molecular weight excluding hydrogens is 308 g/mol. The molecule has 0 spiro atoms. The van der Waals surface area contributed by atoms with Crippen LogP contribution in [0.3, 0.4) is 0 Å². The molecule has 1 atom stereocenters. The summed E-state index contributed by atoms with van der Waals surface area (Å²) in [5.41, 5.74) is 0. The molecule has 1 unspecified atom stereocenters. The maximum absolute atomic E-state index is 12.3. The average molecular weight is 326 g/mol. The Morgan fingerprint density at radius 1 is 1.14 bits per heavy atom. The van der Waals surface area contributed by atoms with Crippen LogP contribution in [-0.2, 0) is 14.6 Å². The summed E-state index contributed by atoms with van der Waals surface area (Å²) in [6.07, 6.45) is 1.86. The van der Waals surface area contributed by atoms with Crippen LogP contribution in [0.15, 0.2) is 22.8 Å². The number of piperazine rings is 1. The number of amides is 2. The Morgan fingerprint density at radius 3 is 2.36 bits per heavy atom. The lowest BCUT2D eigenvalue weighted by Gasteiger charge is -2.35. The predicted molar refractivity (Wildman–Crippen MR) is 78.0 cm³/mol. The van der Waals surface area contributed by atoms with Gasteiger partial charge in [0.25, 0.3) is 5.91 Å². The molecule has 3 heterocycles. The Balaban J connectivity index is 1.56. The molecule has 7 nitrogen and oxygen atoms in total. The summed E-state index contributed by atoms with van der Waals surface area (Å²) in [4.78, 5) is 27.8. The third kappa shape index (κ3) is 3.01. The van der Waals surface area contributed by atoms with E-state index >= 15 is 0 Å². The van der Waals surface area contributed by atoms with Gasteiger partial charge in [-0.05, 0) is 18.6 Å².